The molecular weight excluding hydrogens is 354 g/mol. The van der Waals surface area contributed by atoms with Crippen molar-refractivity contribution in [3.8, 4) is 0 Å². The lowest BCUT2D eigenvalue weighted by Crippen LogP contribution is -2.43. The van der Waals surface area contributed by atoms with Gasteiger partial charge in [0.05, 0.1) is 19.3 Å². The Morgan fingerprint density at radius 2 is 2.08 bits per heavy atom. The van der Waals surface area contributed by atoms with E-state index in [0.717, 1.165) is 5.56 Å². The van der Waals surface area contributed by atoms with Gasteiger partial charge in [-0.1, -0.05) is 30.8 Å². The Morgan fingerprint density at radius 3 is 2.69 bits per heavy atom. The van der Waals surface area contributed by atoms with Crippen LogP contribution in [0.5, 0.6) is 0 Å². The van der Waals surface area contributed by atoms with E-state index < -0.39 is 11.7 Å². The molecule has 0 aromatic carbocycles. The number of aromatic nitrogens is 2. The van der Waals surface area contributed by atoms with Gasteiger partial charge >= 0.3 is 6.09 Å². The minimum atomic E-state index is -0.577. The third kappa shape index (κ3) is 5.33. The maximum Gasteiger partial charge on any atom is 0.410 e. The standard InChI is InChI=1S/C19H24ClN3O3/c1-13(6-7-14(2)20)11-23-17(24)16-12-22(9-8-15(16)10-21-23)18(25)26-19(3,4)5/h6-7,10H,1-2,8-9,11-12H2,3-5H3/b7-6-. The molecule has 0 unspecified atom stereocenters. The van der Waals surface area contributed by atoms with E-state index in [1.54, 1.807) is 23.2 Å². The highest BCUT2D eigenvalue weighted by molar-refractivity contribution is 6.30. The topological polar surface area (TPSA) is 64.4 Å². The molecule has 1 aromatic rings. The highest BCUT2D eigenvalue weighted by atomic mass is 35.5. The Hall–Kier alpha value is -2.34. The molecule has 0 N–H and O–H groups in total. The molecule has 0 radical (unpaired) electrons. The molecule has 0 fully saturated rings. The minimum Gasteiger partial charge on any atom is -0.444 e. The van der Waals surface area contributed by atoms with Gasteiger partial charge in [-0.05, 0) is 44.4 Å². The van der Waals surface area contributed by atoms with Crippen LogP contribution in [0.1, 0.15) is 31.9 Å². The minimum absolute atomic E-state index is 0.215. The van der Waals surface area contributed by atoms with Crippen LogP contribution in [0.15, 0.2) is 46.9 Å². The molecule has 1 aliphatic rings. The maximum atomic E-state index is 12.8. The molecule has 0 atom stereocenters. The summed E-state index contributed by atoms with van der Waals surface area (Å²) in [7, 11) is 0. The zero-order valence-corrected chi connectivity index (χ0v) is 16.2. The highest BCUT2D eigenvalue weighted by Crippen LogP contribution is 2.18. The zero-order valence-electron chi connectivity index (χ0n) is 15.4. The maximum absolute atomic E-state index is 12.8. The number of fused-ring (bicyclic) bond motifs is 1. The molecule has 2 rings (SSSR count). The summed E-state index contributed by atoms with van der Waals surface area (Å²) in [6, 6.07) is 0. The van der Waals surface area contributed by atoms with Crippen molar-refractivity contribution in [2.24, 2.45) is 0 Å². The molecule has 0 aliphatic carbocycles. The first-order valence-electron chi connectivity index (χ1n) is 8.33. The monoisotopic (exact) mass is 377 g/mol. The van der Waals surface area contributed by atoms with Gasteiger partial charge in [-0.15, -0.1) is 0 Å². The van der Waals surface area contributed by atoms with Crippen LogP contribution in [0, 0.1) is 0 Å². The van der Waals surface area contributed by atoms with Gasteiger partial charge in [0.25, 0.3) is 5.56 Å². The van der Waals surface area contributed by atoms with Crippen LogP contribution in [-0.2, 0) is 24.2 Å². The van der Waals surface area contributed by atoms with Crippen LogP contribution in [0.25, 0.3) is 0 Å². The number of carbonyl (C=O) groups excluding carboxylic acids is 1. The van der Waals surface area contributed by atoms with Gasteiger partial charge in [-0.2, -0.15) is 5.10 Å². The molecule has 0 bridgehead atoms. The smallest absolute Gasteiger partial charge is 0.410 e. The van der Waals surface area contributed by atoms with E-state index in [4.69, 9.17) is 16.3 Å². The molecule has 1 aliphatic heterocycles. The first kappa shape index (κ1) is 20.0. The number of nitrogens with zero attached hydrogens (tertiary/aromatic N) is 3. The van der Waals surface area contributed by atoms with Gasteiger partial charge in [-0.3, -0.25) is 4.79 Å². The zero-order chi connectivity index (χ0) is 19.5. The van der Waals surface area contributed by atoms with Gasteiger partial charge in [-0.25, -0.2) is 9.48 Å². The Balaban J connectivity index is 2.19. The fourth-order valence-electron chi connectivity index (χ4n) is 2.52. The summed E-state index contributed by atoms with van der Waals surface area (Å²) in [5, 5.41) is 4.59. The molecule has 140 valence electrons. The summed E-state index contributed by atoms with van der Waals surface area (Å²) >= 11 is 5.69. The lowest BCUT2D eigenvalue weighted by Gasteiger charge is -2.30. The summed E-state index contributed by atoms with van der Waals surface area (Å²) in [5.41, 5.74) is 1.29. The first-order chi connectivity index (χ1) is 12.1. The summed E-state index contributed by atoms with van der Waals surface area (Å²) in [6.07, 6.45) is 5.14. The predicted molar refractivity (Wildman–Crippen MR) is 102 cm³/mol. The van der Waals surface area contributed by atoms with Crippen LogP contribution in [0.2, 0.25) is 0 Å². The molecule has 6 nitrogen and oxygen atoms in total. The number of hydrogen-bond acceptors (Lipinski definition) is 4. The Kier molecular flexibility index (Phi) is 6.08. The van der Waals surface area contributed by atoms with Crippen molar-refractivity contribution in [2.45, 2.75) is 45.9 Å². The summed E-state index contributed by atoms with van der Waals surface area (Å²) in [6.45, 7) is 13.8. The van der Waals surface area contributed by atoms with Crippen molar-refractivity contribution >= 4 is 17.7 Å². The van der Waals surface area contributed by atoms with Crippen LogP contribution < -0.4 is 5.56 Å². The third-order valence-corrected chi connectivity index (χ3v) is 3.86. The number of rotatable bonds is 4. The second-order valence-corrected chi connectivity index (χ2v) is 7.69. The van der Waals surface area contributed by atoms with E-state index in [1.807, 2.05) is 20.8 Å². The van der Waals surface area contributed by atoms with E-state index in [0.29, 0.717) is 29.1 Å². The van der Waals surface area contributed by atoms with Gasteiger partial charge in [0.15, 0.2) is 0 Å². The number of allylic oxidation sites excluding steroid dienone is 4. The van der Waals surface area contributed by atoms with Gasteiger partial charge < -0.3 is 9.64 Å². The molecule has 0 saturated heterocycles. The SMILES string of the molecule is C=C(Cl)/C=C\C(=C)Cn1ncc2c(c1=O)CN(C(=O)OC(C)(C)C)CC2. The van der Waals surface area contributed by atoms with E-state index >= 15 is 0 Å². The van der Waals surface area contributed by atoms with Gasteiger partial charge in [0, 0.05) is 17.1 Å². The molecule has 2 heterocycles. The predicted octanol–water partition coefficient (Wildman–Crippen LogP) is 3.40. The molecule has 26 heavy (non-hydrogen) atoms. The summed E-state index contributed by atoms with van der Waals surface area (Å²) < 4.78 is 6.73. The fourth-order valence-corrected chi connectivity index (χ4v) is 2.58. The molecule has 0 spiro atoms. The van der Waals surface area contributed by atoms with Crippen molar-refractivity contribution in [3.05, 3.63) is 63.6 Å². The second kappa shape index (κ2) is 7.91. The normalized spacial score (nSPS) is 14.2. The molecule has 7 heteroatoms. The number of ether oxygens (including phenoxy) is 1. The van der Waals surface area contributed by atoms with E-state index in [9.17, 15) is 9.59 Å². The molecule has 0 saturated carbocycles. The Morgan fingerprint density at radius 1 is 1.38 bits per heavy atom. The van der Waals surface area contributed by atoms with Crippen molar-refractivity contribution < 1.29 is 9.53 Å². The number of amides is 1. The lowest BCUT2D eigenvalue weighted by molar-refractivity contribution is 0.0222. The van der Waals surface area contributed by atoms with Crippen LogP contribution >= 0.6 is 11.6 Å². The average molecular weight is 378 g/mol. The first-order valence-corrected chi connectivity index (χ1v) is 8.70. The third-order valence-electron chi connectivity index (χ3n) is 3.74. The van der Waals surface area contributed by atoms with E-state index in [2.05, 4.69) is 18.3 Å². The quantitative estimate of drug-likeness (QED) is 0.754. The van der Waals surface area contributed by atoms with Crippen LogP contribution in [-0.4, -0.2) is 32.9 Å². The van der Waals surface area contributed by atoms with Gasteiger partial charge in [0.1, 0.15) is 5.60 Å². The lowest BCUT2D eigenvalue weighted by atomic mass is 10.0. The molecule has 1 aromatic heterocycles. The van der Waals surface area contributed by atoms with Crippen molar-refractivity contribution in [3.63, 3.8) is 0 Å². The van der Waals surface area contributed by atoms with Crippen LogP contribution in [0.3, 0.4) is 0 Å². The molecular formula is C19H24ClN3O3. The van der Waals surface area contributed by atoms with Crippen molar-refractivity contribution in [2.75, 3.05) is 6.54 Å². The van der Waals surface area contributed by atoms with E-state index in [-0.39, 0.29) is 18.6 Å². The Labute approximate surface area is 158 Å². The van der Waals surface area contributed by atoms with Crippen LogP contribution in [0.4, 0.5) is 4.79 Å². The summed E-state index contributed by atoms with van der Waals surface area (Å²) in [5.74, 6) is 0. The van der Waals surface area contributed by atoms with Crippen molar-refractivity contribution in [1.82, 2.24) is 14.7 Å². The largest absolute Gasteiger partial charge is 0.444 e. The molecule has 1 amide bonds. The van der Waals surface area contributed by atoms with E-state index in [1.165, 1.54) is 4.68 Å². The number of halogens is 1. The number of carbonyl (C=O) groups is 1. The highest BCUT2D eigenvalue weighted by Gasteiger charge is 2.27. The fraction of sp³-hybridized carbons (Fsp3) is 0.421. The number of hydrogen-bond donors (Lipinski definition) is 0. The Bertz CT molecular complexity index is 818. The van der Waals surface area contributed by atoms with Crippen molar-refractivity contribution in [1.29, 1.82) is 0 Å². The van der Waals surface area contributed by atoms with Gasteiger partial charge in [0.2, 0.25) is 0 Å². The average Bonchev–Trinajstić information content (AvgIpc) is 2.54. The summed E-state index contributed by atoms with van der Waals surface area (Å²) in [4.78, 5) is 26.6. The second-order valence-electron chi connectivity index (χ2n) is 7.20.